The van der Waals surface area contributed by atoms with Crippen molar-refractivity contribution in [3.63, 3.8) is 0 Å². The van der Waals surface area contributed by atoms with Gasteiger partial charge in [0, 0.05) is 28.7 Å². The van der Waals surface area contributed by atoms with Crippen LogP contribution in [-0.4, -0.2) is 36.5 Å². The summed E-state index contributed by atoms with van der Waals surface area (Å²) >= 11 is 5.90. The van der Waals surface area contributed by atoms with Crippen molar-refractivity contribution in [2.24, 2.45) is 5.92 Å². The van der Waals surface area contributed by atoms with Crippen LogP contribution in [0, 0.1) is 5.92 Å². The van der Waals surface area contributed by atoms with Crippen LogP contribution in [-0.2, 0) is 13.1 Å². The maximum atomic E-state index is 13.4. The van der Waals surface area contributed by atoms with Crippen molar-refractivity contribution in [2.75, 3.05) is 0 Å². The van der Waals surface area contributed by atoms with Gasteiger partial charge in [0.05, 0.1) is 10.9 Å². The van der Waals surface area contributed by atoms with Gasteiger partial charge in [-0.1, -0.05) is 25.4 Å². The van der Waals surface area contributed by atoms with Crippen molar-refractivity contribution >= 4 is 40.0 Å². The van der Waals surface area contributed by atoms with Gasteiger partial charge in [-0.3, -0.25) is 19.0 Å². The largest absolute Gasteiger partial charge is 0.352 e. The number of hydrogen-bond acceptors (Lipinski definition) is 5. The van der Waals surface area contributed by atoms with Crippen molar-refractivity contribution in [3.8, 4) is 0 Å². The van der Waals surface area contributed by atoms with Crippen molar-refractivity contribution in [2.45, 2.75) is 46.8 Å². The first kappa shape index (κ1) is 24.4. The van der Waals surface area contributed by atoms with Gasteiger partial charge in [-0.2, -0.15) is 0 Å². The molecule has 0 saturated carbocycles. The van der Waals surface area contributed by atoms with Gasteiger partial charge in [0.1, 0.15) is 6.54 Å². The second-order valence-electron chi connectivity index (χ2n) is 9.18. The van der Waals surface area contributed by atoms with E-state index in [1.807, 2.05) is 27.7 Å². The summed E-state index contributed by atoms with van der Waals surface area (Å²) in [6, 6.07) is 10.9. The Morgan fingerprint density at radius 1 is 1.00 bits per heavy atom. The third-order valence-electron chi connectivity index (χ3n) is 5.47. The molecule has 0 aliphatic rings. The Morgan fingerprint density at radius 3 is 2.29 bits per heavy atom. The molecule has 0 saturated heterocycles. The molecule has 35 heavy (non-hydrogen) atoms. The highest BCUT2D eigenvalue weighted by molar-refractivity contribution is 6.30. The van der Waals surface area contributed by atoms with E-state index in [0.717, 1.165) is 4.68 Å². The van der Waals surface area contributed by atoms with E-state index in [2.05, 4.69) is 10.4 Å². The molecule has 0 fully saturated rings. The zero-order chi connectivity index (χ0) is 25.4. The highest BCUT2D eigenvalue weighted by Crippen LogP contribution is 2.16. The fourth-order valence-electron chi connectivity index (χ4n) is 3.90. The van der Waals surface area contributed by atoms with Crippen LogP contribution in [0.3, 0.4) is 0 Å². The normalized spacial score (nSPS) is 11.6. The number of hydrogen-bond donors (Lipinski definition) is 1. The zero-order valence-electron chi connectivity index (χ0n) is 19.9. The fourth-order valence-corrected chi connectivity index (χ4v) is 4.02. The quantitative estimate of drug-likeness (QED) is 0.396. The lowest BCUT2D eigenvalue weighted by atomic mass is 10.1. The SMILES string of the molecule is CC(C)Cn1c(=O)c2ccc(C(=O)NC(C)C)cc2n2c(=O)n(CC(=O)c3ccc(Cl)cc3)nc12. The first-order valence-corrected chi connectivity index (χ1v) is 11.7. The number of aromatic nitrogens is 4. The van der Waals surface area contributed by atoms with Gasteiger partial charge in [-0.25, -0.2) is 13.9 Å². The zero-order valence-corrected chi connectivity index (χ0v) is 20.7. The molecular weight excluding hydrogens is 470 g/mol. The van der Waals surface area contributed by atoms with Crippen LogP contribution in [0.2, 0.25) is 5.02 Å². The maximum absolute atomic E-state index is 13.4. The van der Waals surface area contributed by atoms with Gasteiger partial charge in [-0.05, 0) is 62.2 Å². The summed E-state index contributed by atoms with van der Waals surface area (Å²) in [6.45, 7) is 7.60. The van der Waals surface area contributed by atoms with Gasteiger partial charge in [0.25, 0.3) is 11.5 Å². The minimum Gasteiger partial charge on any atom is -0.350 e. The van der Waals surface area contributed by atoms with Crippen molar-refractivity contribution < 1.29 is 9.59 Å². The van der Waals surface area contributed by atoms with Crippen LogP contribution in [0.1, 0.15) is 48.4 Å². The number of halogens is 1. The average Bonchev–Trinajstić information content (AvgIpc) is 3.12. The van der Waals surface area contributed by atoms with Gasteiger partial charge in [-0.15, -0.1) is 5.10 Å². The lowest BCUT2D eigenvalue weighted by molar-refractivity contribution is 0.0940. The molecule has 0 unspecified atom stereocenters. The van der Waals surface area contributed by atoms with E-state index in [9.17, 15) is 19.2 Å². The molecular formula is C25H26ClN5O4. The number of fused-ring (bicyclic) bond motifs is 3. The molecule has 0 aliphatic heterocycles. The topological polar surface area (TPSA) is 107 Å². The molecule has 4 aromatic rings. The molecule has 9 nitrogen and oxygen atoms in total. The number of Topliss-reactive ketones (excluding diaryl/α,β-unsaturated/α-hetero) is 1. The minimum absolute atomic E-state index is 0.0818. The first-order valence-electron chi connectivity index (χ1n) is 11.3. The fraction of sp³-hybridized carbons (Fsp3) is 0.320. The van der Waals surface area contributed by atoms with Crippen LogP contribution in [0.15, 0.2) is 52.1 Å². The van der Waals surface area contributed by atoms with E-state index >= 15 is 0 Å². The summed E-state index contributed by atoms with van der Waals surface area (Å²) in [5.41, 5.74) is 0.0573. The van der Waals surface area contributed by atoms with Crippen molar-refractivity contribution in [3.05, 3.63) is 79.5 Å². The lowest BCUT2D eigenvalue weighted by Gasteiger charge is -2.13. The average molecular weight is 496 g/mol. The van der Waals surface area contributed by atoms with Crippen LogP contribution in [0.5, 0.6) is 0 Å². The summed E-state index contributed by atoms with van der Waals surface area (Å²) in [7, 11) is 0. The van der Waals surface area contributed by atoms with E-state index in [1.165, 1.54) is 15.0 Å². The Kier molecular flexibility index (Phi) is 6.62. The number of nitrogens with one attached hydrogen (secondary N) is 1. The summed E-state index contributed by atoms with van der Waals surface area (Å²) in [5, 5.41) is 7.95. The molecule has 2 aromatic carbocycles. The van der Waals surface area contributed by atoms with E-state index in [0.29, 0.717) is 22.7 Å². The summed E-state index contributed by atoms with van der Waals surface area (Å²) in [5.74, 6) is -0.432. The number of carbonyl (C=O) groups excluding carboxylic acids is 2. The standard InChI is InChI=1S/C25H26ClN5O4/c1-14(2)12-29-23(34)19-10-7-17(22(33)27-15(3)4)11-20(19)31-24(29)28-30(25(31)35)13-21(32)16-5-8-18(26)9-6-16/h5-11,14-15H,12-13H2,1-4H3,(H,27,33). The Hall–Kier alpha value is -3.72. The number of benzene rings is 2. The minimum atomic E-state index is -0.578. The number of amides is 1. The molecule has 2 heterocycles. The molecule has 0 spiro atoms. The Morgan fingerprint density at radius 2 is 1.66 bits per heavy atom. The van der Waals surface area contributed by atoms with Gasteiger partial charge in [0.15, 0.2) is 5.78 Å². The van der Waals surface area contributed by atoms with Gasteiger partial charge in [0.2, 0.25) is 5.78 Å². The van der Waals surface area contributed by atoms with E-state index in [1.54, 1.807) is 36.4 Å². The third kappa shape index (κ3) is 4.77. The Labute approximate surface area is 205 Å². The number of ketones is 1. The predicted octanol–water partition coefficient (Wildman–Crippen LogP) is 3.14. The van der Waals surface area contributed by atoms with Crippen LogP contribution in [0.25, 0.3) is 16.7 Å². The Balaban J connectivity index is 1.92. The van der Waals surface area contributed by atoms with Gasteiger partial charge < -0.3 is 5.32 Å². The Bertz CT molecular complexity index is 1560. The molecule has 2 aromatic heterocycles. The highest BCUT2D eigenvalue weighted by Gasteiger charge is 2.21. The first-order chi connectivity index (χ1) is 16.6. The molecule has 182 valence electrons. The second kappa shape index (κ2) is 9.50. The van der Waals surface area contributed by atoms with Crippen molar-refractivity contribution in [1.82, 2.24) is 24.1 Å². The molecule has 1 N–H and O–H groups in total. The van der Waals surface area contributed by atoms with Crippen molar-refractivity contribution in [1.29, 1.82) is 0 Å². The smallest absolute Gasteiger partial charge is 0.350 e. The highest BCUT2D eigenvalue weighted by atomic mass is 35.5. The van der Waals surface area contributed by atoms with Crippen LogP contribution >= 0.6 is 11.6 Å². The molecule has 4 rings (SSSR count). The number of rotatable bonds is 7. The maximum Gasteiger partial charge on any atom is 0.352 e. The molecule has 10 heteroatoms. The summed E-state index contributed by atoms with van der Waals surface area (Å²) < 4.78 is 3.77. The second-order valence-corrected chi connectivity index (χ2v) is 9.61. The monoisotopic (exact) mass is 495 g/mol. The van der Waals surface area contributed by atoms with Gasteiger partial charge >= 0.3 is 5.69 Å². The number of carbonyl (C=O) groups is 2. The predicted molar refractivity (Wildman–Crippen MR) is 134 cm³/mol. The van der Waals surface area contributed by atoms with E-state index in [-0.39, 0.29) is 52.4 Å². The lowest BCUT2D eigenvalue weighted by Crippen LogP contribution is -2.31. The molecule has 0 radical (unpaired) electrons. The molecule has 1 amide bonds. The molecule has 0 bridgehead atoms. The summed E-state index contributed by atoms with van der Waals surface area (Å²) in [4.78, 5) is 52.2. The number of nitrogens with zero attached hydrogens (tertiary/aromatic N) is 4. The van der Waals surface area contributed by atoms with Crippen LogP contribution in [0.4, 0.5) is 0 Å². The third-order valence-corrected chi connectivity index (χ3v) is 5.72. The molecule has 0 aliphatic carbocycles. The van der Waals surface area contributed by atoms with Crippen LogP contribution < -0.4 is 16.6 Å². The molecule has 0 atom stereocenters. The van der Waals surface area contributed by atoms with E-state index in [4.69, 9.17) is 11.6 Å². The van der Waals surface area contributed by atoms with E-state index < -0.39 is 5.69 Å². The summed E-state index contributed by atoms with van der Waals surface area (Å²) in [6.07, 6.45) is 0.